The second-order valence-corrected chi connectivity index (χ2v) is 10.7. The molecule has 41 heavy (non-hydrogen) atoms. The zero-order chi connectivity index (χ0) is 28.9. The van der Waals surface area contributed by atoms with Crippen LogP contribution >= 0.6 is 11.6 Å². The Bertz CT molecular complexity index is 1590. The lowest BCUT2D eigenvalue weighted by Crippen LogP contribution is -2.35. The molecule has 1 unspecified atom stereocenters. The summed E-state index contributed by atoms with van der Waals surface area (Å²) in [5, 5.41) is 22.9. The van der Waals surface area contributed by atoms with E-state index in [4.69, 9.17) is 21.1 Å². The van der Waals surface area contributed by atoms with E-state index < -0.39 is 6.10 Å². The average Bonchev–Trinajstić information content (AvgIpc) is 3.39. The van der Waals surface area contributed by atoms with Gasteiger partial charge in [0.05, 0.1) is 16.7 Å². The number of rotatable bonds is 10. The van der Waals surface area contributed by atoms with Crippen LogP contribution in [-0.2, 0) is 19.6 Å². The number of aliphatic hydroxyl groups is 1. The summed E-state index contributed by atoms with van der Waals surface area (Å²) in [6.45, 7) is 4.23. The second kappa shape index (κ2) is 12.7. The molecule has 0 bridgehead atoms. The van der Waals surface area contributed by atoms with Crippen LogP contribution in [0.1, 0.15) is 54.2 Å². The van der Waals surface area contributed by atoms with Crippen LogP contribution in [0.5, 0.6) is 11.5 Å². The minimum Gasteiger partial charge on any atom is -0.488 e. The molecular weight excluding hydrogens is 541 g/mol. The molecule has 210 valence electrons. The minimum absolute atomic E-state index is 0.146. The van der Waals surface area contributed by atoms with Gasteiger partial charge in [-0.05, 0) is 61.6 Å². The van der Waals surface area contributed by atoms with Crippen molar-refractivity contribution in [3.63, 3.8) is 0 Å². The number of ether oxygens (including phenoxy) is 2. The van der Waals surface area contributed by atoms with Crippen LogP contribution in [-0.4, -0.2) is 22.2 Å². The fraction of sp³-hybridized carbons (Fsp3) is 0.273. The van der Waals surface area contributed by atoms with E-state index in [1.54, 1.807) is 37.4 Å². The van der Waals surface area contributed by atoms with Crippen molar-refractivity contribution in [2.75, 3.05) is 0 Å². The predicted octanol–water partition coefficient (Wildman–Crippen LogP) is 6.92. The Kier molecular flexibility index (Phi) is 8.84. The van der Waals surface area contributed by atoms with E-state index >= 15 is 0 Å². The van der Waals surface area contributed by atoms with Gasteiger partial charge in [-0.15, -0.1) is 0 Å². The highest BCUT2D eigenvalue weighted by molar-refractivity contribution is 6.32. The lowest BCUT2D eigenvalue weighted by atomic mass is 9.96. The Morgan fingerprint density at radius 2 is 1.90 bits per heavy atom. The lowest BCUT2D eigenvalue weighted by Gasteiger charge is -2.21. The molecule has 1 heterocycles. The standard InChI is InChI=1S/C33H31ClFN3O3/c1-20(21(2)39)38-18-24-13-29(34)33(14-32(24)40-19-23-12-22(15-36)16-37-17-23)41-31-11-10-26-25(7-5-8-28(26)31)27-6-3-4-9-30(27)35/h3-9,12-14,16-17,20-21,31,38-39H,10-11,18-19H2,1-2H3/t20?,21-,31+/m1/s1. The summed E-state index contributed by atoms with van der Waals surface area (Å²) in [5.41, 5.74) is 5.55. The van der Waals surface area contributed by atoms with Crippen molar-refractivity contribution in [1.29, 1.82) is 5.26 Å². The van der Waals surface area contributed by atoms with Crippen molar-refractivity contribution < 1.29 is 19.0 Å². The first-order valence-electron chi connectivity index (χ1n) is 13.6. The zero-order valence-corrected chi connectivity index (χ0v) is 23.7. The number of nitrogens with zero attached hydrogens (tertiary/aromatic N) is 2. The van der Waals surface area contributed by atoms with Gasteiger partial charge in [0.2, 0.25) is 0 Å². The number of fused-ring (bicyclic) bond motifs is 1. The molecule has 3 aromatic carbocycles. The Morgan fingerprint density at radius 3 is 2.68 bits per heavy atom. The average molecular weight is 572 g/mol. The van der Waals surface area contributed by atoms with Crippen LogP contribution in [0.25, 0.3) is 11.1 Å². The molecule has 0 aliphatic heterocycles. The number of aliphatic hydroxyl groups excluding tert-OH is 1. The molecule has 0 spiro atoms. The number of nitrogens with one attached hydrogen (secondary N) is 1. The van der Waals surface area contributed by atoms with Crippen LogP contribution in [0.3, 0.4) is 0 Å². The highest BCUT2D eigenvalue weighted by Crippen LogP contribution is 2.43. The number of benzene rings is 3. The van der Waals surface area contributed by atoms with Crippen molar-refractivity contribution in [2.24, 2.45) is 0 Å². The quantitative estimate of drug-likeness (QED) is 0.215. The first-order valence-corrected chi connectivity index (χ1v) is 14.0. The summed E-state index contributed by atoms with van der Waals surface area (Å²) in [6.07, 6.45) is 3.86. The smallest absolute Gasteiger partial charge is 0.142 e. The van der Waals surface area contributed by atoms with Gasteiger partial charge in [-0.1, -0.05) is 48.0 Å². The molecular formula is C33H31ClFN3O3. The maximum Gasteiger partial charge on any atom is 0.142 e. The first kappa shape index (κ1) is 28.6. The van der Waals surface area contributed by atoms with Gasteiger partial charge in [0.15, 0.2) is 0 Å². The normalized spacial score (nSPS) is 15.6. The molecule has 3 atom stereocenters. The summed E-state index contributed by atoms with van der Waals surface area (Å²) in [4.78, 5) is 4.11. The van der Waals surface area contributed by atoms with Gasteiger partial charge >= 0.3 is 0 Å². The van der Waals surface area contributed by atoms with Gasteiger partial charge < -0.3 is 19.9 Å². The third-order valence-corrected chi connectivity index (χ3v) is 7.72. The largest absolute Gasteiger partial charge is 0.488 e. The summed E-state index contributed by atoms with van der Waals surface area (Å²) >= 11 is 6.74. The molecule has 1 aliphatic rings. The molecule has 1 aromatic heterocycles. The molecule has 5 rings (SSSR count). The SMILES string of the molecule is CC(NCc1cc(Cl)c(O[C@H]2CCc3c(-c4ccccc4F)cccc32)cc1OCc1cncc(C#N)c1)[C@@H](C)O. The van der Waals surface area contributed by atoms with Crippen LogP contribution in [0.2, 0.25) is 5.02 Å². The summed E-state index contributed by atoms with van der Waals surface area (Å²) in [7, 11) is 0. The van der Waals surface area contributed by atoms with E-state index in [0.29, 0.717) is 34.2 Å². The van der Waals surface area contributed by atoms with Crippen molar-refractivity contribution in [3.05, 3.63) is 112 Å². The molecule has 0 radical (unpaired) electrons. The van der Waals surface area contributed by atoms with E-state index in [2.05, 4.69) is 16.4 Å². The summed E-state index contributed by atoms with van der Waals surface area (Å²) < 4.78 is 27.3. The third kappa shape index (κ3) is 6.52. The number of hydrogen-bond donors (Lipinski definition) is 2. The van der Waals surface area contributed by atoms with Crippen LogP contribution in [0.4, 0.5) is 4.39 Å². The number of pyridine rings is 1. The number of aromatic nitrogens is 1. The van der Waals surface area contributed by atoms with Crippen molar-refractivity contribution in [2.45, 2.75) is 58.1 Å². The molecule has 0 fully saturated rings. The predicted molar refractivity (Wildman–Crippen MR) is 156 cm³/mol. The van der Waals surface area contributed by atoms with Gasteiger partial charge in [0.1, 0.15) is 36.1 Å². The third-order valence-electron chi connectivity index (χ3n) is 7.42. The van der Waals surface area contributed by atoms with Gasteiger partial charge in [0.25, 0.3) is 0 Å². The minimum atomic E-state index is -0.533. The molecule has 8 heteroatoms. The van der Waals surface area contributed by atoms with E-state index in [-0.39, 0.29) is 24.6 Å². The molecule has 6 nitrogen and oxygen atoms in total. The molecule has 1 aliphatic carbocycles. The van der Waals surface area contributed by atoms with E-state index in [1.165, 1.54) is 12.3 Å². The van der Waals surface area contributed by atoms with Crippen LogP contribution in [0, 0.1) is 17.1 Å². The highest BCUT2D eigenvalue weighted by atomic mass is 35.5. The van der Waals surface area contributed by atoms with E-state index in [1.807, 2.05) is 37.3 Å². The van der Waals surface area contributed by atoms with Gasteiger partial charge in [-0.3, -0.25) is 4.98 Å². The van der Waals surface area contributed by atoms with Crippen molar-refractivity contribution >= 4 is 11.6 Å². The summed E-state index contributed by atoms with van der Waals surface area (Å²) in [5.74, 6) is 0.794. The van der Waals surface area contributed by atoms with Gasteiger partial charge in [-0.2, -0.15) is 5.26 Å². The highest BCUT2D eigenvalue weighted by Gasteiger charge is 2.28. The maximum absolute atomic E-state index is 14.6. The first-order chi connectivity index (χ1) is 19.8. The summed E-state index contributed by atoms with van der Waals surface area (Å²) in [6, 6.07) is 20.0. The molecule has 0 saturated carbocycles. The molecule has 4 aromatic rings. The lowest BCUT2D eigenvalue weighted by molar-refractivity contribution is 0.152. The van der Waals surface area contributed by atoms with Gasteiger partial charge in [0, 0.05) is 47.7 Å². The number of hydrogen-bond acceptors (Lipinski definition) is 6. The Balaban J connectivity index is 1.42. The fourth-order valence-corrected chi connectivity index (χ4v) is 5.22. The number of nitriles is 1. The fourth-order valence-electron chi connectivity index (χ4n) is 4.99. The Morgan fingerprint density at radius 1 is 1.10 bits per heavy atom. The second-order valence-electron chi connectivity index (χ2n) is 10.3. The monoisotopic (exact) mass is 571 g/mol. The Labute approximate surface area is 244 Å². The molecule has 0 saturated heterocycles. The molecule has 0 amide bonds. The molecule has 2 N–H and O–H groups in total. The topological polar surface area (TPSA) is 87.4 Å². The van der Waals surface area contributed by atoms with Crippen molar-refractivity contribution in [3.8, 4) is 28.7 Å². The van der Waals surface area contributed by atoms with E-state index in [9.17, 15) is 14.8 Å². The van der Waals surface area contributed by atoms with Gasteiger partial charge in [-0.25, -0.2) is 4.39 Å². The Hall–Kier alpha value is -3.96. The van der Waals surface area contributed by atoms with Crippen molar-refractivity contribution in [1.82, 2.24) is 10.3 Å². The van der Waals surface area contributed by atoms with Crippen LogP contribution < -0.4 is 14.8 Å². The van der Waals surface area contributed by atoms with Crippen LogP contribution in [0.15, 0.2) is 73.1 Å². The maximum atomic E-state index is 14.6. The number of halogens is 2. The zero-order valence-electron chi connectivity index (χ0n) is 22.9. The van der Waals surface area contributed by atoms with E-state index in [0.717, 1.165) is 40.7 Å².